The number of furan rings is 1. The topological polar surface area (TPSA) is 72.4 Å². The fourth-order valence-electron chi connectivity index (χ4n) is 3.08. The molecule has 0 saturated heterocycles. The molecule has 0 aliphatic rings. The molecule has 6 heteroatoms. The number of carbonyl (C=O) groups is 1. The molecule has 3 aromatic heterocycles. The number of benzene rings is 1. The van der Waals surface area contributed by atoms with Gasteiger partial charge in [0.2, 0.25) is 5.91 Å². The molecule has 0 aliphatic carbocycles. The molecule has 0 aliphatic heterocycles. The number of aromatic nitrogens is 3. The van der Waals surface area contributed by atoms with Crippen molar-refractivity contribution in [2.24, 2.45) is 0 Å². The molecule has 0 saturated carbocycles. The summed E-state index contributed by atoms with van der Waals surface area (Å²) in [5.74, 6) is 0.806. The van der Waals surface area contributed by atoms with E-state index in [9.17, 15) is 4.79 Å². The second-order valence-corrected chi connectivity index (χ2v) is 6.52. The van der Waals surface area contributed by atoms with Crippen LogP contribution in [0.5, 0.6) is 0 Å². The molecule has 4 aromatic rings. The number of nitrogens with one attached hydrogen (secondary N) is 1. The van der Waals surface area contributed by atoms with E-state index in [0.717, 1.165) is 28.0 Å². The molecular weight excluding hydrogens is 328 g/mol. The van der Waals surface area contributed by atoms with Crippen LogP contribution in [0.15, 0.2) is 47.2 Å². The van der Waals surface area contributed by atoms with Crippen LogP contribution in [0.25, 0.3) is 16.6 Å². The number of hydrogen-bond donors (Lipinski definition) is 1. The average Bonchev–Trinajstić information content (AvgIpc) is 3.21. The van der Waals surface area contributed by atoms with Crippen LogP contribution in [0.2, 0.25) is 0 Å². The van der Waals surface area contributed by atoms with Gasteiger partial charge in [0.1, 0.15) is 11.4 Å². The Hall–Kier alpha value is -3.15. The van der Waals surface area contributed by atoms with Gasteiger partial charge in [-0.15, -0.1) is 10.2 Å². The summed E-state index contributed by atoms with van der Waals surface area (Å²) in [5, 5.41) is 12.2. The maximum absolute atomic E-state index is 12.3. The van der Waals surface area contributed by atoms with Crippen molar-refractivity contribution < 1.29 is 9.21 Å². The Labute approximate surface area is 150 Å². The highest BCUT2D eigenvalue weighted by Gasteiger charge is 2.12. The minimum atomic E-state index is -0.0280. The zero-order valence-corrected chi connectivity index (χ0v) is 14.8. The highest BCUT2D eigenvalue weighted by Crippen LogP contribution is 2.25. The van der Waals surface area contributed by atoms with E-state index < -0.39 is 0 Å². The monoisotopic (exact) mass is 348 g/mol. The van der Waals surface area contributed by atoms with E-state index >= 15 is 0 Å². The summed E-state index contributed by atoms with van der Waals surface area (Å²) in [5.41, 5.74) is 4.92. The zero-order chi connectivity index (χ0) is 18.1. The molecule has 6 nitrogen and oxygen atoms in total. The Kier molecular flexibility index (Phi) is 4.16. The van der Waals surface area contributed by atoms with E-state index in [1.54, 1.807) is 6.26 Å². The minimum absolute atomic E-state index is 0.0280. The third kappa shape index (κ3) is 3.06. The van der Waals surface area contributed by atoms with E-state index in [0.29, 0.717) is 19.4 Å². The number of hydrogen-bond acceptors (Lipinski definition) is 4. The van der Waals surface area contributed by atoms with Crippen molar-refractivity contribution in [3.8, 4) is 0 Å². The van der Waals surface area contributed by atoms with Crippen molar-refractivity contribution in [1.29, 1.82) is 0 Å². The lowest BCUT2D eigenvalue weighted by Gasteiger charge is -2.05. The van der Waals surface area contributed by atoms with Crippen LogP contribution in [0.1, 0.15) is 22.5 Å². The van der Waals surface area contributed by atoms with Gasteiger partial charge in [-0.3, -0.25) is 9.20 Å². The highest BCUT2D eigenvalue weighted by molar-refractivity contribution is 5.88. The maximum atomic E-state index is 12.3. The molecule has 0 bridgehead atoms. The second kappa shape index (κ2) is 6.63. The fourth-order valence-corrected chi connectivity index (χ4v) is 3.08. The normalized spacial score (nSPS) is 11.3. The van der Waals surface area contributed by atoms with Gasteiger partial charge in [-0.25, -0.2) is 0 Å². The molecule has 0 unspecified atom stereocenters. The van der Waals surface area contributed by atoms with Crippen LogP contribution in [0.4, 0.5) is 0 Å². The van der Waals surface area contributed by atoms with Gasteiger partial charge >= 0.3 is 0 Å². The van der Waals surface area contributed by atoms with Crippen molar-refractivity contribution in [1.82, 2.24) is 19.9 Å². The summed E-state index contributed by atoms with van der Waals surface area (Å²) >= 11 is 0. The molecule has 0 fully saturated rings. The summed E-state index contributed by atoms with van der Waals surface area (Å²) in [4.78, 5) is 12.3. The van der Waals surface area contributed by atoms with E-state index in [1.165, 1.54) is 11.1 Å². The first-order valence-corrected chi connectivity index (χ1v) is 8.64. The molecule has 3 heterocycles. The molecule has 0 spiro atoms. The first-order chi connectivity index (χ1) is 12.6. The minimum Gasteiger partial charge on any atom is -0.464 e. The Morgan fingerprint density at radius 2 is 2.04 bits per heavy atom. The van der Waals surface area contributed by atoms with Gasteiger partial charge in [0.05, 0.1) is 12.7 Å². The quantitative estimate of drug-likeness (QED) is 0.602. The Bertz CT molecular complexity index is 1090. The Morgan fingerprint density at radius 3 is 2.92 bits per heavy atom. The number of amides is 1. The number of rotatable bonds is 5. The van der Waals surface area contributed by atoms with Crippen LogP contribution in [-0.2, 0) is 17.6 Å². The first kappa shape index (κ1) is 16.3. The van der Waals surface area contributed by atoms with Gasteiger partial charge in [-0.1, -0.05) is 6.07 Å². The number of nitrogens with zero attached hydrogens (tertiary/aromatic N) is 3. The fraction of sp³-hybridized carbons (Fsp3) is 0.250. The van der Waals surface area contributed by atoms with Crippen LogP contribution in [-0.4, -0.2) is 27.0 Å². The third-order valence-electron chi connectivity index (χ3n) is 4.68. The van der Waals surface area contributed by atoms with E-state index in [-0.39, 0.29) is 5.91 Å². The lowest BCUT2D eigenvalue weighted by Crippen LogP contribution is -2.27. The standard InChI is InChI=1S/C20H20N4O2/c1-13-9-16-15(12-26-17(16)10-14(13)2)11-20(25)21-7-6-19-23-22-18-5-3-4-8-24(18)19/h3-5,8-10,12H,6-7,11H2,1-2H3,(H,21,25). The van der Waals surface area contributed by atoms with Gasteiger partial charge < -0.3 is 9.73 Å². The zero-order valence-electron chi connectivity index (χ0n) is 14.8. The third-order valence-corrected chi connectivity index (χ3v) is 4.68. The van der Waals surface area contributed by atoms with Gasteiger partial charge in [0.15, 0.2) is 5.65 Å². The molecular formula is C20H20N4O2. The first-order valence-electron chi connectivity index (χ1n) is 8.64. The van der Waals surface area contributed by atoms with Gasteiger partial charge in [-0.2, -0.15) is 0 Å². The molecule has 0 radical (unpaired) electrons. The van der Waals surface area contributed by atoms with Crippen LogP contribution < -0.4 is 5.32 Å². The summed E-state index contributed by atoms with van der Waals surface area (Å²) in [6, 6.07) is 9.87. The molecule has 26 heavy (non-hydrogen) atoms. The van der Waals surface area contributed by atoms with Gasteiger partial charge in [0.25, 0.3) is 0 Å². The van der Waals surface area contributed by atoms with Gasteiger partial charge in [0, 0.05) is 30.1 Å². The van der Waals surface area contributed by atoms with Crippen LogP contribution in [0, 0.1) is 13.8 Å². The second-order valence-electron chi connectivity index (χ2n) is 6.52. The van der Waals surface area contributed by atoms with Crippen molar-refractivity contribution in [2.75, 3.05) is 6.54 Å². The molecule has 1 aromatic carbocycles. The number of aryl methyl sites for hydroxylation is 2. The van der Waals surface area contributed by atoms with Crippen LogP contribution >= 0.6 is 0 Å². The van der Waals surface area contributed by atoms with Crippen molar-refractivity contribution >= 4 is 22.5 Å². The predicted octanol–water partition coefficient (Wildman–Crippen LogP) is 2.99. The van der Waals surface area contributed by atoms with Crippen molar-refractivity contribution in [2.45, 2.75) is 26.7 Å². The SMILES string of the molecule is Cc1cc2occ(CC(=O)NCCc3nnc4ccccn34)c2cc1C. The predicted molar refractivity (Wildman–Crippen MR) is 99.1 cm³/mol. The van der Waals surface area contributed by atoms with Crippen LogP contribution in [0.3, 0.4) is 0 Å². The van der Waals surface area contributed by atoms with Gasteiger partial charge in [-0.05, 0) is 49.2 Å². The maximum Gasteiger partial charge on any atom is 0.224 e. The summed E-state index contributed by atoms with van der Waals surface area (Å²) in [6.45, 7) is 4.63. The summed E-state index contributed by atoms with van der Waals surface area (Å²) in [6.07, 6.45) is 4.53. The lowest BCUT2D eigenvalue weighted by atomic mass is 10.0. The molecule has 1 amide bonds. The van der Waals surface area contributed by atoms with Crippen molar-refractivity contribution in [3.05, 3.63) is 65.3 Å². The Balaban J connectivity index is 1.39. The summed E-state index contributed by atoms with van der Waals surface area (Å²) in [7, 11) is 0. The number of fused-ring (bicyclic) bond motifs is 2. The van der Waals surface area contributed by atoms with Crippen molar-refractivity contribution in [3.63, 3.8) is 0 Å². The van der Waals surface area contributed by atoms with E-state index in [1.807, 2.05) is 34.9 Å². The van der Waals surface area contributed by atoms with E-state index in [4.69, 9.17) is 4.42 Å². The number of pyridine rings is 1. The molecule has 132 valence electrons. The lowest BCUT2D eigenvalue weighted by molar-refractivity contribution is -0.120. The molecule has 0 atom stereocenters. The average molecular weight is 348 g/mol. The van der Waals surface area contributed by atoms with E-state index in [2.05, 4.69) is 35.4 Å². The summed E-state index contributed by atoms with van der Waals surface area (Å²) < 4.78 is 7.53. The number of carbonyl (C=O) groups excluding carboxylic acids is 1. The Morgan fingerprint density at radius 1 is 1.19 bits per heavy atom. The smallest absolute Gasteiger partial charge is 0.224 e. The molecule has 4 rings (SSSR count). The largest absolute Gasteiger partial charge is 0.464 e. The highest BCUT2D eigenvalue weighted by atomic mass is 16.3. The molecule has 1 N–H and O–H groups in total.